The molecule has 0 aliphatic carbocycles. The van der Waals surface area contributed by atoms with Crippen LogP contribution in [0, 0.1) is 18.5 Å². The fraction of sp³-hybridized carbons (Fsp3) is 0.200. The van der Waals surface area contributed by atoms with Crippen LogP contribution in [0.25, 0.3) is 0 Å². The van der Waals surface area contributed by atoms with Crippen molar-refractivity contribution in [3.05, 3.63) is 59.6 Å². The molecule has 109 valence electrons. The van der Waals surface area contributed by atoms with Gasteiger partial charge in [0.1, 0.15) is 11.7 Å². The van der Waals surface area contributed by atoms with E-state index in [1.165, 1.54) is 43.1 Å². The van der Waals surface area contributed by atoms with Crippen LogP contribution in [0.5, 0.6) is 0 Å². The largest absolute Gasteiger partial charge is 0.543 e. The Labute approximate surface area is 148 Å². The Morgan fingerprint density at radius 1 is 1.33 bits per heavy atom. The smallest absolute Gasteiger partial charge is 0.135 e. The molecule has 1 N–H and O–H groups in total. The summed E-state index contributed by atoms with van der Waals surface area (Å²) in [7, 11) is 1.45. The summed E-state index contributed by atoms with van der Waals surface area (Å²) in [5.74, 6) is -2.77. The van der Waals surface area contributed by atoms with Crippen molar-refractivity contribution in [1.29, 1.82) is 0 Å². The standard InChI is InChI=1S/C15H14FNO3.Y/c1-4-13(18)14(19)10(2)15(20)17(3)9-11-5-7-12(16)8-6-11;/h2,5-8,18H,9H2,1,3H3;/q-2;. The van der Waals surface area contributed by atoms with Gasteiger partial charge in [-0.15, -0.1) is 12.5 Å². The maximum absolute atomic E-state index is 12.8. The number of carbonyl (C=O) groups excluding carboxylic acids is 2. The molecule has 0 saturated carbocycles. The molecule has 1 aromatic carbocycles. The number of aliphatic hydroxyl groups excluding tert-OH is 1. The summed E-state index contributed by atoms with van der Waals surface area (Å²) in [6.45, 7) is 6.90. The van der Waals surface area contributed by atoms with Gasteiger partial charge < -0.3 is 19.6 Å². The Kier molecular flexibility index (Phi) is 8.29. The molecular weight excluding hydrogens is 350 g/mol. The number of hydrogen-bond acceptors (Lipinski definition) is 3. The van der Waals surface area contributed by atoms with Crippen LogP contribution < -0.4 is 0 Å². The minimum atomic E-state index is -0.969. The number of halogens is 1. The number of benzene rings is 1. The quantitative estimate of drug-likeness (QED) is 0.286. The molecule has 21 heavy (non-hydrogen) atoms. The SMILES string of the molecule is [CH-]=C(C(=O)C(O)=[C-]C)C(=O)N(C)Cc1ccc(F)cc1.[Y]. The average molecular weight is 364 g/mol. The molecule has 0 unspecified atom stereocenters. The molecule has 0 fully saturated rings. The van der Waals surface area contributed by atoms with Crippen molar-refractivity contribution in [2.75, 3.05) is 7.05 Å². The summed E-state index contributed by atoms with van der Waals surface area (Å²) < 4.78 is 12.8. The molecule has 1 rings (SSSR count). The number of carbonyl (C=O) groups is 2. The zero-order chi connectivity index (χ0) is 15.3. The molecular formula is C15H14FNO3Y-2. The second kappa shape index (κ2) is 8.85. The molecule has 1 radical (unpaired) electrons. The van der Waals surface area contributed by atoms with Gasteiger partial charge in [0.25, 0.3) is 0 Å². The van der Waals surface area contributed by atoms with E-state index in [0.717, 1.165) is 0 Å². The third-order valence-electron chi connectivity index (χ3n) is 2.61. The molecule has 0 bridgehead atoms. The number of allylic oxidation sites excluding steroid dienone is 2. The first kappa shape index (κ1) is 19.7. The Hall–Kier alpha value is -1.33. The van der Waals surface area contributed by atoms with Crippen molar-refractivity contribution in [2.24, 2.45) is 0 Å². The monoisotopic (exact) mass is 364 g/mol. The van der Waals surface area contributed by atoms with Gasteiger partial charge in [-0.05, 0) is 30.5 Å². The van der Waals surface area contributed by atoms with Crippen LogP contribution in [-0.2, 0) is 48.8 Å². The molecule has 6 heteroatoms. The predicted molar refractivity (Wildman–Crippen MR) is 70.8 cm³/mol. The molecule has 1 amide bonds. The van der Waals surface area contributed by atoms with E-state index in [-0.39, 0.29) is 45.1 Å². The second-order valence-electron chi connectivity index (χ2n) is 4.13. The molecule has 0 aliphatic heterocycles. The molecule has 0 atom stereocenters. The maximum atomic E-state index is 12.8. The first-order valence-corrected chi connectivity index (χ1v) is 5.77. The van der Waals surface area contributed by atoms with Crippen molar-refractivity contribution in [1.82, 2.24) is 4.90 Å². The van der Waals surface area contributed by atoms with E-state index < -0.39 is 23.0 Å². The summed E-state index contributed by atoms with van der Waals surface area (Å²) >= 11 is 0. The third-order valence-corrected chi connectivity index (χ3v) is 2.61. The number of hydrogen-bond donors (Lipinski definition) is 1. The fourth-order valence-electron chi connectivity index (χ4n) is 1.48. The zero-order valence-electron chi connectivity index (χ0n) is 11.8. The molecule has 4 nitrogen and oxygen atoms in total. The number of likely N-dealkylation sites (N-methyl/N-ethyl adjacent to an activating group) is 1. The Morgan fingerprint density at radius 2 is 1.86 bits per heavy atom. The normalized spacial score (nSPS) is 10.5. The van der Waals surface area contributed by atoms with Crippen LogP contribution in [0.3, 0.4) is 0 Å². The topological polar surface area (TPSA) is 57.6 Å². The Morgan fingerprint density at radius 3 is 2.33 bits per heavy atom. The van der Waals surface area contributed by atoms with Crippen molar-refractivity contribution in [3.8, 4) is 0 Å². The van der Waals surface area contributed by atoms with E-state index in [1.807, 2.05) is 0 Å². The van der Waals surface area contributed by atoms with E-state index in [2.05, 4.69) is 6.08 Å². The summed E-state index contributed by atoms with van der Waals surface area (Å²) in [6, 6.07) is 5.58. The number of nitrogens with zero attached hydrogens (tertiary/aromatic N) is 1. The number of aliphatic hydroxyl groups is 1. The van der Waals surface area contributed by atoms with Gasteiger partial charge in [0.05, 0.1) is 0 Å². The van der Waals surface area contributed by atoms with Gasteiger partial charge in [0.2, 0.25) is 0 Å². The van der Waals surface area contributed by atoms with Gasteiger partial charge in [-0.2, -0.15) is 0 Å². The van der Waals surface area contributed by atoms with E-state index in [1.54, 1.807) is 0 Å². The van der Waals surface area contributed by atoms with Crippen molar-refractivity contribution in [3.63, 3.8) is 0 Å². The third kappa shape index (κ3) is 5.52. The molecule has 0 heterocycles. The number of ketones is 1. The molecule has 0 saturated heterocycles. The first-order valence-electron chi connectivity index (χ1n) is 5.77. The van der Waals surface area contributed by atoms with E-state index in [9.17, 15) is 19.1 Å². The zero-order valence-corrected chi connectivity index (χ0v) is 14.6. The first-order chi connectivity index (χ1) is 9.36. The molecule has 0 spiro atoms. The minimum Gasteiger partial charge on any atom is -0.543 e. The van der Waals surface area contributed by atoms with Crippen LogP contribution in [0.1, 0.15) is 12.5 Å². The van der Waals surface area contributed by atoms with Gasteiger partial charge in [-0.3, -0.25) is 0 Å². The number of amides is 1. The summed E-state index contributed by atoms with van der Waals surface area (Å²) in [6.07, 6.45) is 2.20. The van der Waals surface area contributed by atoms with Crippen LogP contribution in [0.2, 0.25) is 0 Å². The number of rotatable bonds is 5. The van der Waals surface area contributed by atoms with E-state index in [4.69, 9.17) is 6.58 Å². The van der Waals surface area contributed by atoms with Crippen LogP contribution in [-0.4, -0.2) is 28.7 Å². The molecule has 0 aliphatic rings. The van der Waals surface area contributed by atoms with Gasteiger partial charge in [0, 0.05) is 45.0 Å². The van der Waals surface area contributed by atoms with Crippen molar-refractivity contribution >= 4 is 11.7 Å². The average Bonchev–Trinajstić information content (AvgIpc) is 2.46. The minimum absolute atomic E-state index is 0. The van der Waals surface area contributed by atoms with Crippen LogP contribution in [0.15, 0.2) is 35.6 Å². The molecule has 1 aromatic rings. The summed E-state index contributed by atoms with van der Waals surface area (Å²) in [5.41, 5.74) is 0.0887. The van der Waals surface area contributed by atoms with Crippen LogP contribution >= 0.6 is 0 Å². The van der Waals surface area contributed by atoms with Gasteiger partial charge in [-0.1, -0.05) is 12.1 Å². The van der Waals surface area contributed by atoms with Gasteiger partial charge in [-0.25, -0.2) is 17.0 Å². The number of Topliss-reactive ketones (excluding diaryl/α,β-unsaturated/α-hetero) is 1. The van der Waals surface area contributed by atoms with Gasteiger partial charge >= 0.3 is 0 Å². The summed E-state index contributed by atoms with van der Waals surface area (Å²) in [5, 5.41) is 9.19. The maximum Gasteiger partial charge on any atom is 0.135 e. The predicted octanol–water partition coefficient (Wildman–Crippen LogP) is 1.98. The van der Waals surface area contributed by atoms with E-state index >= 15 is 0 Å². The molecule has 0 aromatic heterocycles. The van der Waals surface area contributed by atoms with Crippen molar-refractivity contribution < 1.29 is 51.8 Å². The van der Waals surface area contributed by atoms with Crippen LogP contribution in [0.4, 0.5) is 4.39 Å². The Bertz CT molecular complexity index is 567. The van der Waals surface area contributed by atoms with Crippen molar-refractivity contribution in [2.45, 2.75) is 13.5 Å². The Balaban J connectivity index is 0.00000400. The second-order valence-corrected chi connectivity index (χ2v) is 4.13. The van der Waals surface area contributed by atoms with E-state index in [0.29, 0.717) is 5.56 Å². The fourth-order valence-corrected chi connectivity index (χ4v) is 1.48. The summed E-state index contributed by atoms with van der Waals surface area (Å²) in [4.78, 5) is 24.6. The van der Waals surface area contributed by atoms with Gasteiger partial charge in [0.15, 0.2) is 0 Å².